The second-order valence-electron chi connectivity index (χ2n) is 5.15. The molecule has 1 aromatic carbocycles. The molecule has 1 amide bonds. The number of nitrogens with one attached hydrogen (secondary N) is 1. The molecule has 1 aliphatic heterocycles. The summed E-state index contributed by atoms with van der Waals surface area (Å²) in [5.74, 6) is -0.150. The van der Waals surface area contributed by atoms with Crippen LogP contribution in [0.4, 0.5) is 5.69 Å². The summed E-state index contributed by atoms with van der Waals surface area (Å²) in [5, 5.41) is 12.4. The maximum absolute atomic E-state index is 12.5. The highest BCUT2D eigenvalue weighted by molar-refractivity contribution is 5.96. The van der Waals surface area contributed by atoms with Crippen LogP contribution in [0, 0.1) is 13.8 Å². The van der Waals surface area contributed by atoms with Crippen LogP contribution in [0.1, 0.15) is 34.5 Å². The predicted molar refractivity (Wildman–Crippen MR) is 76.5 cm³/mol. The Kier molecular flexibility index (Phi) is 3.03. The fourth-order valence-electron chi connectivity index (χ4n) is 2.55. The second kappa shape index (κ2) is 5.61. The molecule has 104 valence electrons. The van der Waals surface area contributed by atoms with E-state index in [9.17, 15) is 9.90 Å². The lowest BCUT2D eigenvalue weighted by molar-refractivity contribution is -0.121. The Morgan fingerprint density at radius 1 is 1.42 bits per heavy atom. The van der Waals surface area contributed by atoms with Gasteiger partial charge in [-0.2, -0.15) is 0 Å². The van der Waals surface area contributed by atoms with Gasteiger partial charge in [0.15, 0.2) is 0 Å². The number of aryl methyl sites for hydroxylation is 2. The van der Waals surface area contributed by atoms with Crippen molar-refractivity contribution < 1.29 is 14.0 Å². The highest BCUT2D eigenvalue weighted by Crippen LogP contribution is 2.26. The summed E-state index contributed by atoms with van der Waals surface area (Å²) < 4.78 is 22.8. The summed E-state index contributed by atoms with van der Waals surface area (Å²) >= 11 is 0. The van der Waals surface area contributed by atoms with E-state index in [-0.39, 0.29) is 11.7 Å². The molecule has 2 rings (SSSR count). The zero-order valence-corrected chi connectivity index (χ0v) is 11.4. The fraction of sp³-hybridized carbons (Fsp3) is 0.533. The van der Waals surface area contributed by atoms with E-state index in [2.05, 4.69) is 5.32 Å². The first-order chi connectivity index (χ1) is 10.2. The number of anilines is 1. The standard InChI is InChI=1S/C15H22N2O2/c1-10-8-12(18)9-11(2)14(10)16-15(19)13-6-4-5-7-17(13)3/h8-9,13,18H,4-7H2,1-3H3,(H,16,19)/i3D3. The largest absolute Gasteiger partial charge is 0.508 e. The summed E-state index contributed by atoms with van der Waals surface area (Å²) in [5.41, 5.74) is 2.14. The molecule has 19 heavy (non-hydrogen) atoms. The van der Waals surface area contributed by atoms with Crippen molar-refractivity contribution in [3.63, 3.8) is 0 Å². The molecular weight excluding hydrogens is 240 g/mol. The Bertz CT molecular complexity index is 549. The van der Waals surface area contributed by atoms with Gasteiger partial charge in [0.2, 0.25) is 5.91 Å². The third kappa shape index (κ3) is 3.07. The smallest absolute Gasteiger partial charge is 0.241 e. The van der Waals surface area contributed by atoms with E-state index in [0.717, 1.165) is 24.0 Å². The Balaban J connectivity index is 2.21. The molecule has 1 saturated heterocycles. The molecule has 4 heteroatoms. The lowest BCUT2D eigenvalue weighted by Crippen LogP contribution is -2.44. The Morgan fingerprint density at radius 2 is 2.11 bits per heavy atom. The number of phenolic OH excluding ortho intramolecular Hbond substituents is 1. The Labute approximate surface area is 118 Å². The number of aromatic hydroxyl groups is 1. The minimum absolute atomic E-state index is 0.148. The molecule has 0 aromatic heterocycles. The predicted octanol–water partition coefficient (Wildman–Crippen LogP) is 2.43. The van der Waals surface area contributed by atoms with Crippen LogP contribution in [-0.4, -0.2) is 35.5 Å². The van der Waals surface area contributed by atoms with Crippen molar-refractivity contribution in [1.29, 1.82) is 0 Å². The normalized spacial score (nSPS) is 23.3. The molecule has 1 aromatic rings. The third-order valence-electron chi connectivity index (χ3n) is 3.57. The molecule has 1 aliphatic rings. The Hall–Kier alpha value is -1.55. The molecule has 0 aliphatic carbocycles. The van der Waals surface area contributed by atoms with E-state index in [1.54, 1.807) is 26.0 Å². The SMILES string of the molecule is [2H]C([2H])([2H])N1CCCCC1C(=O)Nc1c(C)cc(O)cc1C. The second-order valence-corrected chi connectivity index (χ2v) is 5.15. The van der Waals surface area contributed by atoms with Crippen molar-refractivity contribution >= 4 is 11.6 Å². The zero-order chi connectivity index (χ0) is 16.5. The average Bonchev–Trinajstić information content (AvgIpc) is 2.41. The van der Waals surface area contributed by atoms with Gasteiger partial charge in [-0.05, 0) is 63.5 Å². The van der Waals surface area contributed by atoms with Crippen LogP contribution in [0.15, 0.2) is 12.1 Å². The first kappa shape index (κ1) is 10.3. The molecule has 0 bridgehead atoms. The topological polar surface area (TPSA) is 52.6 Å². The van der Waals surface area contributed by atoms with Crippen LogP contribution in [0.5, 0.6) is 5.75 Å². The fourth-order valence-corrected chi connectivity index (χ4v) is 2.55. The molecule has 1 unspecified atom stereocenters. The number of amides is 1. The van der Waals surface area contributed by atoms with Crippen LogP contribution < -0.4 is 5.32 Å². The van der Waals surface area contributed by atoms with Gasteiger partial charge in [0, 0.05) is 9.80 Å². The lowest BCUT2D eigenvalue weighted by atomic mass is 10.0. The van der Waals surface area contributed by atoms with Crippen LogP contribution in [-0.2, 0) is 4.79 Å². The zero-order valence-electron chi connectivity index (χ0n) is 14.4. The van der Waals surface area contributed by atoms with Gasteiger partial charge in [-0.1, -0.05) is 6.42 Å². The van der Waals surface area contributed by atoms with Gasteiger partial charge >= 0.3 is 0 Å². The molecule has 0 spiro atoms. The number of piperidine rings is 1. The number of likely N-dealkylation sites (tertiary alicyclic amines) is 1. The summed E-state index contributed by atoms with van der Waals surface area (Å²) in [7, 11) is 0. The molecule has 4 nitrogen and oxygen atoms in total. The minimum Gasteiger partial charge on any atom is -0.508 e. The molecular formula is C15H22N2O2. The van der Waals surface area contributed by atoms with Crippen molar-refractivity contribution in [2.45, 2.75) is 39.2 Å². The van der Waals surface area contributed by atoms with Gasteiger partial charge in [0.1, 0.15) is 5.75 Å². The average molecular weight is 265 g/mol. The Morgan fingerprint density at radius 3 is 2.74 bits per heavy atom. The van der Waals surface area contributed by atoms with Gasteiger partial charge in [0.25, 0.3) is 0 Å². The highest BCUT2D eigenvalue weighted by Gasteiger charge is 2.26. The van der Waals surface area contributed by atoms with E-state index in [4.69, 9.17) is 4.11 Å². The van der Waals surface area contributed by atoms with Crippen LogP contribution in [0.25, 0.3) is 0 Å². The third-order valence-corrected chi connectivity index (χ3v) is 3.57. The number of phenols is 1. The van der Waals surface area contributed by atoms with Gasteiger partial charge in [-0.15, -0.1) is 0 Å². The van der Waals surface area contributed by atoms with Crippen molar-refractivity contribution in [1.82, 2.24) is 4.90 Å². The van der Waals surface area contributed by atoms with Gasteiger partial charge in [0.05, 0.1) is 6.04 Å². The number of carbonyl (C=O) groups is 1. The number of nitrogens with zero attached hydrogens (tertiary/aromatic N) is 1. The van der Waals surface area contributed by atoms with Gasteiger partial charge in [-0.3, -0.25) is 9.69 Å². The molecule has 0 saturated carbocycles. The molecule has 0 radical (unpaired) electrons. The number of likely N-dealkylation sites (N-methyl/N-ethyl adjacent to an activating group) is 1. The van der Waals surface area contributed by atoms with Gasteiger partial charge in [-0.25, -0.2) is 0 Å². The van der Waals surface area contributed by atoms with E-state index in [0.29, 0.717) is 18.7 Å². The van der Waals surface area contributed by atoms with E-state index >= 15 is 0 Å². The lowest BCUT2D eigenvalue weighted by Gasteiger charge is -2.31. The summed E-state index contributed by atoms with van der Waals surface area (Å²) in [6.07, 6.45) is 2.18. The van der Waals surface area contributed by atoms with Gasteiger partial charge < -0.3 is 10.4 Å². The summed E-state index contributed by atoms with van der Waals surface area (Å²) in [4.78, 5) is 13.9. The molecule has 1 heterocycles. The molecule has 1 fully saturated rings. The van der Waals surface area contributed by atoms with Crippen LogP contribution in [0.3, 0.4) is 0 Å². The molecule has 2 N–H and O–H groups in total. The van der Waals surface area contributed by atoms with E-state index in [1.165, 1.54) is 4.90 Å². The first-order valence-electron chi connectivity index (χ1n) is 8.08. The first-order valence-corrected chi connectivity index (χ1v) is 6.58. The van der Waals surface area contributed by atoms with Crippen LogP contribution in [0.2, 0.25) is 0 Å². The van der Waals surface area contributed by atoms with Crippen molar-refractivity contribution in [3.05, 3.63) is 23.3 Å². The summed E-state index contributed by atoms with van der Waals surface area (Å²) in [6, 6.07) is 2.50. The van der Waals surface area contributed by atoms with Crippen molar-refractivity contribution in [2.24, 2.45) is 0 Å². The minimum atomic E-state index is -2.26. The maximum atomic E-state index is 12.5. The molecule has 1 atom stereocenters. The van der Waals surface area contributed by atoms with Crippen LogP contribution >= 0.6 is 0 Å². The quantitative estimate of drug-likeness (QED) is 0.808. The maximum Gasteiger partial charge on any atom is 0.241 e. The highest BCUT2D eigenvalue weighted by atomic mass is 16.3. The number of carbonyl (C=O) groups excluding carboxylic acids is 1. The number of rotatable bonds is 2. The van der Waals surface area contributed by atoms with E-state index in [1.807, 2.05) is 0 Å². The van der Waals surface area contributed by atoms with Crippen molar-refractivity contribution in [2.75, 3.05) is 18.8 Å². The van der Waals surface area contributed by atoms with Crippen molar-refractivity contribution in [3.8, 4) is 5.75 Å². The number of hydrogen-bond donors (Lipinski definition) is 2. The number of benzene rings is 1. The number of hydrogen-bond acceptors (Lipinski definition) is 3. The monoisotopic (exact) mass is 265 g/mol. The summed E-state index contributed by atoms with van der Waals surface area (Å²) in [6.45, 7) is 1.74. The van der Waals surface area contributed by atoms with E-state index < -0.39 is 13.0 Å².